The number of aromatic nitrogens is 1. The highest BCUT2D eigenvalue weighted by Crippen LogP contribution is 2.29. The minimum atomic E-state index is 0.258. The molecule has 2 heterocycles. The van der Waals surface area contributed by atoms with Crippen LogP contribution in [0.2, 0.25) is 0 Å². The predicted octanol–water partition coefficient (Wildman–Crippen LogP) is 2.93. The zero-order chi connectivity index (χ0) is 17.1. The number of pyridine rings is 1. The van der Waals surface area contributed by atoms with E-state index in [1.807, 2.05) is 0 Å². The average molecular weight is 332 g/mol. The molecule has 0 unspecified atom stereocenters. The molecular weight excluding hydrogens is 300 g/mol. The highest BCUT2D eigenvalue weighted by molar-refractivity contribution is 5.53. The molecule has 2 atom stereocenters. The van der Waals surface area contributed by atoms with Gasteiger partial charge in [-0.1, -0.05) is 0 Å². The SMILES string of the molecule is Cc1nc(N2C[C@@H](C)O[C@@H](C)C2)ccc1NCCCC1CC(N)C1. The molecule has 3 N–H and O–H groups in total. The van der Waals surface area contributed by atoms with Gasteiger partial charge in [-0.15, -0.1) is 0 Å². The van der Waals surface area contributed by atoms with Gasteiger partial charge in [0.25, 0.3) is 0 Å². The Kier molecular flexibility index (Phi) is 5.61. The van der Waals surface area contributed by atoms with Crippen LogP contribution in [0, 0.1) is 12.8 Å². The first-order valence-electron chi connectivity index (χ1n) is 9.38. The second-order valence-corrected chi connectivity index (χ2v) is 7.63. The molecule has 5 nitrogen and oxygen atoms in total. The van der Waals surface area contributed by atoms with Crippen molar-refractivity contribution in [1.82, 2.24) is 4.98 Å². The van der Waals surface area contributed by atoms with Gasteiger partial charge in [-0.05, 0) is 64.5 Å². The number of morpholine rings is 1. The Labute approximate surface area is 146 Å². The van der Waals surface area contributed by atoms with E-state index in [-0.39, 0.29) is 12.2 Å². The van der Waals surface area contributed by atoms with Crippen molar-refractivity contribution in [3.8, 4) is 0 Å². The fraction of sp³-hybridized carbons (Fsp3) is 0.737. The zero-order valence-electron chi connectivity index (χ0n) is 15.3. The van der Waals surface area contributed by atoms with E-state index in [9.17, 15) is 0 Å². The van der Waals surface area contributed by atoms with Crippen LogP contribution in [-0.2, 0) is 4.74 Å². The molecule has 134 valence electrons. The van der Waals surface area contributed by atoms with Gasteiger partial charge in [0.05, 0.1) is 23.6 Å². The van der Waals surface area contributed by atoms with E-state index >= 15 is 0 Å². The maximum Gasteiger partial charge on any atom is 0.129 e. The van der Waals surface area contributed by atoms with Crippen LogP contribution in [0.4, 0.5) is 11.5 Å². The molecule has 1 aromatic rings. The van der Waals surface area contributed by atoms with E-state index in [1.54, 1.807) is 0 Å². The number of hydrogen-bond acceptors (Lipinski definition) is 5. The van der Waals surface area contributed by atoms with Crippen LogP contribution in [0.1, 0.15) is 45.2 Å². The Bertz CT molecular complexity index is 534. The Morgan fingerprint density at radius 1 is 1.25 bits per heavy atom. The maximum absolute atomic E-state index is 5.84. The fourth-order valence-corrected chi connectivity index (χ4v) is 3.91. The molecule has 0 bridgehead atoms. The zero-order valence-corrected chi connectivity index (χ0v) is 15.3. The van der Waals surface area contributed by atoms with E-state index in [2.05, 4.69) is 43.1 Å². The quantitative estimate of drug-likeness (QED) is 0.784. The van der Waals surface area contributed by atoms with Crippen LogP contribution < -0.4 is 16.0 Å². The third-order valence-corrected chi connectivity index (χ3v) is 5.19. The number of aryl methyl sites for hydroxylation is 1. The van der Waals surface area contributed by atoms with Crippen LogP contribution in [0.5, 0.6) is 0 Å². The lowest BCUT2D eigenvalue weighted by Crippen LogP contribution is -2.45. The molecule has 0 radical (unpaired) electrons. The smallest absolute Gasteiger partial charge is 0.129 e. The van der Waals surface area contributed by atoms with Crippen molar-refractivity contribution in [3.63, 3.8) is 0 Å². The summed E-state index contributed by atoms with van der Waals surface area (Å²) in [7, 11) is 0. The third-order valence-electron chi connectivity index (χ3n) is 5.19. The minimum absolute atomic E-state index is 0.258. The molecule has 1 aliphatic carbocycles. The van der Waals surface area contributed by atoms with Gasteiger partial charge in [0.15, 0.2) is 0 Å². The van der Waals surface area contributed by atoms with E-state index in [0.29, 0.717) is 6.04 Å². The van der Waals surface area contributed by atoms with E-state index < -0.39 is 0 Å². The van der Waals surface area contributed by atoms with Gasteiger partial charge < -0.3 is 20.7 Å². The van der Waals surface area contributed by atoms with Crippen LogP contribution in [0.15, 0.2) is 12.1 Å². The Hall–Kier alpha value is -1.33. The van der Waals surface area contributed by atoms with Gasteiger partial charge in [-0.2, -0.15) is 0 Å². The van der Waals surface area contributed by atoms with Gasteiger partial charge in [0, 0.05) is 25.7 Å². The number of nitrogens with zero attached hydrogens (tertiary/aromatic N) is 2. The summed E-state index contributed by atoms with van der Waals surface area (Å²) in [5.74, 6) is 1.91. The molecule has 1 aliphatic heterocycles. The summed E-state index contributed by atoms with van der Waals surface area (Å²) in [4.78, 5) is 7.14. The predicted molar refractivity (Wildman–Crippen MR) is 99.6 cm³/mol. The Morgan fingerprint density at radius 2 is 1.96 bits per heavy atom. The molecule has 2 aliphatic rings. The maximum atomic E-state index is 5.84. The van der Waals surface area contributed by atoms with E-state index in [0.717, 1.165) is 42.8 Å². The number of hydrogen-bond donors (Lipinski definition) is 2. The molecule has 1 aromatic heterocycles. The van der Waals surface area contributed by atoms with Crippen molar-refractivity contribution in [3.05, 3.63) is 17.8 Å². The lowest BCUT2D eigenvalue weighted by molar-refractivity contribution is -0.00546. The number of nitrogens with two attached hydrogens (primary N) is 1. The minimum Gasteiger partial charge on any atom is -0.384 e. The first-order chi connectivity index (χ1) is 11.5. The number of rotatable bonds is 6. The largest absolute Gasteiger partial charge is 0.384 e. The van der Waals surface area contributed by atoms with Crippen molar-refractivity contribution >= 4 is 11.5 Å². The summed E-state index contributed by atoms with van der Waals surface area (Å²) in [5.41, 5.74) is 8.07. The molecule has 24 heavy (non-hydrogen) atoms. The van der Waals surface area contributed by atoms with Crippen LogP contribution in [-0.4, -0.2) is 42.9 Å². The summed E-state index contributed by atoms with van der Waals surface area (Å²) in [6, 6.07) is 4.76. The van der Waals surface area contributed by atoms with Crippen molar-refractivity contribution in [2.45, 2.75) is 64.7 Å². The first-order valence-corrected chi connectivity index (χ1v) is 9.38. The Balaban J connectivity index is 1.49. The lowest BCUT2D eigenvalue weighted by Gasteiger charge is -2.36. The van der Waals surface area contributed by atoms with Crippen molar-refractivity contribution in [1.29, 1.82) is 0 Å². The lowest BCUT2D eigenvalue weighted by atomic mass is 9.78. The highest BCUT2D eigenvalue weighted by Gasteiger charge is 2.25. The number of anilines is 2. The summed E-state index contributed by atoms with van der Waals surface area (Å²) >= 11 is 0. The van der Waals surface area contributed by atoms with Crippen LogP contribution in [0.3, 0.4) is 0 Å². The van der Waals surface area contributed by atoms with Gasteiger partial charge in [-0.3, -0.25) is 0 Å². The van der Waals surface area contributed by atoms with Crippen LogP contribution in [0.25, 0.3) is 0 Å². The average Bonchev–Trinajstić information content (AvgIpc) is 2.49. The standard InChI is InChI=1S/C19H32N4O/c1-13-11-23(12-14(2)24-13)19-7-6-18(15(3)22-19)21-8-4-5-16-9-17(20)10-16/h6-7,13-14,16-17,21H,4-5,8-12,20H2,1-3H3/t13-,14+,16?,17?. The molecule has 3 rings (SSSR count). The van der Waals surface area contributed by atoms with Gasteiger partial charge in [0.2, 0.25) is 0 Å². The second kappa shape index (κ2) is 7.70. The van der Waals surface area contributed by atoms with Gasteiger partial charge in [0.1, 0.15) is 5.82 Å². The molecule has 0 aromatic carbocycles. The van der Waals surface area contributed by atoms with E-state index in [4.69, 9.17) is 15.5 Å². The summed E-state index contributed by atoms with van der Waals surface area (Å²) in [6.45, 7) is 9.17. The Morgan fingerprint density at radius 3 is 2.58 bits per heavy atom. The molecule has 1 saturated carbocycles. The molecule has 2 fully saturated rings. The molecule has 0 amide bonds. The number of ether oxygens (including phenoxy) is 1. The van der Waals surface area contributed by atoms with Crippen molar-refractivity contribution < 1.29 is 4.74 Å². The summed E-state index contributed by atoms with van der Waals surface area (Å²) in [6.07, 6.45) is 5.44. The van der Waals surface area contributed by atoms with Crippen molar-refractivity contribution in [2.24, 2.45) is 11.7 Å². The van der Waals surface area contributed by atoms with Crippen molar-refractivity contribution in [2.75, 3.05) is 29.9 Å². The molecule has 5 heteroatoms. The summed E-state index contributed by atoms with van der Waals surface area (Å²) in [5, 5.41) is 3.54. The normalized spacial score (nSPS) is 30.1. The fourth-order valence-electron chi connectivity index (χ4n) is 3.91. The third kappa shape index (κ3) is 4.39. The second-order valence-electron chi connectivity index (χ2n) is 7.63. The van der Waals surface area contributed by atoms with Gasteiger partial charge >= 0.3 is 0 Å². The molecule has 1 saturated heterocycles. The number of nitrogens with one attached hydrogen (secondary N) is 1. The van der Waals surface area contributed by atoms with Crippen LogP contribution >= 0.6 is 0 Å². The topological polar surface area (TPSA) is 63.4 Å². The molecule has 0 spiro atoms. The van der Waals surface area contributed by atoms with Gasteiger partial charge in [-0.25, -0.2) is 4.98 Å². The summed E-state index contributed by atoms with van der Waals surface area (Å²) < 4.78 is 5.81. The molecular formula is C19H32N4O. The first kappa shape index (κ1) is 17.5. The monoisotopic (exact) mass is 332 g/mol. The highest BCUT2D eigenvalue weighted by atomic mass is 16.5. The van der Waals surface area contributed by atoms with E-state index in [1.165, 1.54) is 25.7 Å².